The van der Waals surface area contributed by atoms with Gasteiger partial charge in [0, 0.05) is 10.7 Å². The van der Waals surface area contributed by atoms with E-state index >= 15 is 0 Å². The van der Waals surface area contributed by atoms with Crippen molar-refractivity contribution in [3.05, 3.63) is 52.8 Å². The highest BCUT2D eigenvalue weighted by Crippen LogP contribution is 2.16. The maximum atomic E-state index is 11.8. The minimum atomic E-state index is -0.106. The van der Waals surface area contributed by atoms with Crippen LogP contribution in [0, 0.1) is 0 Å². The quantitative estimate of drug-likeness (QED) is 0.916. The van der Waals surface area contributed by atoms with Crippen LogP contribution in [-0.4, -0.2) is 10.9 Å². The Morgan fingerprint density at radius 1 is 1.39 bits per heavy atom. The molecule has 1 aromatic carbocycles. The van der Waals surface area contributed by atoms with Gasteiger partial charge >= 0.3 is 0 Å². The number of amides is 1. The van der Waals surface area contributed by atoms with E-state index in [2.05, 4.69) is 26.2 Å². The van der Waals surface area contributed by atoms with E-state index in [1.165, 1.54) is 6.20 Å². The minimum absolute atomic E-state index is 0.106. The summed E-state index contributed by atoms with van der Waals surface area (Å²) < 4.78 is 0.955. The minimum Gasteiger partial charge on any atom is -0.396 e. The van der Waals surface area contributed by atoms with Crippen molar-refractivity contribution >= 4 is 33.2 Å². The number of aromatic nitrogens is 1. The number of halogens is 1. The molecule has 0 unspecified atom stereocenters. The summed E-state index contributed by atoms with van der Waals surface area (Å²) in [4.78, 5) is 15.7. The Hall–Kier alpha value is -1.88. The summed E-state index contributed by atoms with van der Waals surface area (Å²) in [5.74, 6) is -0.106. The van der Waals surface area contributed by atoms with Crippen LogP contribution in [0.15, 0.2) is 47.2 Å². The van der Waals surface area contributed by atoms with E-state index < -0.39 is 0 Å². The Bertz CT molecular complexity index is 572. The van der Waals surface area contributed by atoms with Crippen molar-refractivity contribution in [1.29, 1.82) is 0 Å². The number of rotatable bonds is 3. The van der Waals surface area contributed by atoms with Gasteiger partial charge in [0.1, 0.15) is 0 Å². The second-order valence-electron chi connectivity index (χ2n) is 3.82. The first-order valence-corrected chi connectivity index (χ1v) is 6.18. The fourth-order valence-electron chi connectivity index (χ4n) is 1.55. The molecule has 0 aliphatic heterocycles. The molecular formula is C13H12BrN3O. The average molecular weight is 306 g/mol. The third-order valence-electron chi connectivity index (χ3n) is 2.38. The number of nitrogens with zero attached hydrogens (tertiary/aromatic N) is 1. The molecular weight excluding hydrogens is 294 g/mol. The predicted octanol–water partition coefficient (Wildman–Crippen LogP) is 2.61. The van der Waals surface area contributed by atoms with E-state index in [1.54, 1.807) is 12.3 Å². The number of carbonyl (C=O) groups is 1. The van der Waals surface area contributed by atoms with Crippen LogP contribution in [0.25, 0.3) is 0 Å². The highest BCUT2D eigenvalue weighted by molar-refractivity contribution is 9.10. The molecule has 1 amide bonds. The number of nitrogen functional groups attached to an aromatic ring is 1. The van der Waals surface area contributed by atoms with Crippen LogP contribution in [0.4, 0.5) is 11.4 Å². The lowest BCUT2D eigenvalue weighted by atomic mass is 10.1. The third kappa shape index (κ3) is 3.30. The first kappa shape index (κ1) is 12.6. The number of nitrogens with one attached hydrogen (secondary N) is 1. The summed E-state index contributed by atoms with van der Waals surface area (Å²) in [7, 11) is 0. The fraction of sp³-hybridized carbons (Fsp3) is 0.0769. The van der Waals surface area contributed by atoms with Gasteiger partial charge in [0.15, 0.2) is 0 Å². The first-order chi connectivity index (χ1) is 8.65. The smallest absolute Gasteiger partial charge is 0.228 e. The molecule has 1 heterocycles. The number of nitrogens with two attached hydrogens (primary N) is 1. The first-order valence-electron chi connectivity index (χ1n) is 5.39. The number of hydrogen-bond acceptors (Lipinski definition) is 3. The summed E-state index contributed by atoms with van der Waals surface area (Å²) in [6.45, 7) is 0. The van der Waals surface area contributed by atoms with E-state index in [-0.39, 0.29) is 5.91 Å². The highest BCUT2D eigenvalue weighted by Gasteiger charge is 2.06. The van der Waals surface area contributed by atoms with Crippen LogP contribution in [0.1, 0.15) is 5.56 Å². The molecule has 0 spiro atoms. The second kappa shape index (κ2) is 5.64. The zero-order chi connectivity index (χ0) is 13.0. The zero-order valence-electron chi connectivity index (χ0n) is 9.56. The highest BCUT2D eigenvalue weighted by atomic mass is 79.9. The van der Waals surface area contributed by atoms with Crippen LogP contribution in [0.2, 0.25) is 0 Å². The van der Waals surface area contributed by atoms with Gasteiger partial charge in [-0.1, -0.05) is 28.1 Å². The molecule has 0 radical (unpaired) electrons. The normalized spacial score (nSPS) is 10.1. The van der Waals surface area contributed by atoms with E-state index in [0.717, 1.165) is 10.0 Å². The van der Waals surface area contributed by atoms with Crippen molar-refractivity contribution < 1.29 is 4.79 Å². The molecule has 0 saturated carbocycles. The molecule has 2 aromatic rings. The Balaban J connectivity index is 2.03. The topological polar surface area (TPSA) is 68.0 Å². The Kier molecular flexibility index (Phi) is 3.94. The van der Waals surface area contributed by atoms with Crippen molar-refractivity contribution in [1.82, 2.24) is 4.98 Å². The maximum Gasteiger partial charge on any atom is 0.228 e. The Morgan fingerprint density at radius 2 is 2.22 bits per heavy atom. The van der Waals surface area contributed by atoms with Gasteiger partial charge in [-0.05, 0) is 23.8 Å². The predicted molar refractivity (Wildman–Crippen MR) is 75.1 cm³/mol. The molecule has 5 heteroatoms. The maximum absolute atomic E-state index is 11.8. The summed E-state index contributed by atoms with van der Waals surface area (Å²) in [6.07, 6.45) is 3.40. The van der Waals surface area contributed by atoms with Gasteiger partial charge in [-0.15, -0.1) is 0 Å². The number of pyridine rings is 1. The monoisotopic (exact) mass is 305 g/mol. The van der Waals surface area contributed by atoms with Crippen molar-refractivity contribution in [3.8, 4) is 0 Å². The molecule has 2 rings (SSSR count). The van der Waals surface area contributed by atoms with Crippen LogP contribution in [0.3, 0.4) is 0 Å². The Morgan fingerprint density at radius 3 is 2.94 bits per heavy atom. The summed E-state index contributed by atoms with van der Waals surface area (Å²) in [5, 5.41) is 2.76. The average Bonchev–Trinajstić information content (AvgIpc) is 2.32. The third-order valence-corrected chi connectivity index (χ3v) is 2.87. The summed E-state index contributed by atoms with van der Waals surface area (Å²) in [6, 6.07) is 9.31. The van der Waals surface area contributed by atoms with E-state index in [0.29, 0.717) is 17.8 Å². The van der Waals surface area contributed by atoms with Gasteiger partial charge < -0.3 is 11.1 Å². The van der Waals surface area contributed by atoms with Gasteiger partial charge in [-0.2, -0.15) is 0 Å². The lowest BCUT2D eigenvalue weighted by molar-refractivity contribution is -0.115. The fourth-order valence-corrected chi connectivity index (χ4v) is 1.99. The number of hydrogen-bond donors (Lipinski definition) is 2. The van der Waals surface area contributed by atoms with Gasteiger partial charge in [0.25, 0.3) is 0 Å². The molecule has 18 heavy (non-hydrogen) atoms. The summed E-state index contributed by atoms with van der Waals surface area (Å²) in [5.41, 5.74) is 7.69. The molecule has 0 fully saturated rings. The number of carbonyl (C=O) groups excluding carboxylic acids is 1. The molecule has 0 aliphatic rings. The number of benzene rings is 1. The van der Waals surface area contributed by atoms with Crippen molar-refractivity contribution in [2.24, 2.45) is 0 Å². The van der Waals surface area contributed by atoms with Gasteiger partial charge in [0.05, 0.1) is 24.0 Å². The van der Waals surface area contributed by atoms with E-state index in [1.807, 2.05) is 24.3 Å². The standard InChI is InChI=1S/C13H12BrN3O/c14-10-3-1-2-9(6-10)7-13(18)17-12-4-5-16-8-11(12)15/h1-6,8H,7,15H2,(H,16,17,18). The van der Waals surface area contributed by atoms with Crippen molar-refractivity contribution in [2.75, 3.05) is 11.1 Å². The molecule has 4 nitrogen and oxygen atoms in total. The molecule has 0 bridgehead atoms. The van der Waals surface area contributed by atoms with Crippen LogP contribution >= 0.6 is 15.9 Å². The zero-order valence-corrected chi connectivity index (χ0v) is 11.1. The molecule has 92 valence electrons. The van der Waals surface area contributed by atoms with Crippen molar-refractivity contribution in [2.45, 2.75) is 6.42 Å². The lowest BCUT2D eigenvalue weighted by Gasteiger charge is -2.07. The van der Waals surface area contributed by atoms with Gasteiger partial charge in [-0.25, -0.2) is 0 Å². The molecule has 0 aliphatic carbocycles. The summed E-state index contributed by atoms with van der Waals surface area (Å²) >= 11 is 3.37. The van der Waals surface area contributed by atoms with Crippen molar-refractivity contribution in [3.63, 3.8) is 0 Å². The molecule has 0 atom stereocenters. The SMILES string of the molecule is Nc1cnccc1NC(=O)Cc1cccc(Br)c1. The lowest BCUT2D eigenvalue weighted by Crippen LogP contribution is -2.15. The largest absolute Gasteiger partial charge is 0.396 e. The van der Waals surface area contributed by atoms with E-state index in [4.69, 9.17) is 5.73 Å². The Labute approximate surface area is 113 Å². The van der Waals surface area contributed by atoms with Gasteiger partial charge in [0.2, 0.25) is 5.91 Å². The molecule has 1 aromatic heterocycles. The molecule has 0 saturated heterocycles. The van der Waals surface area contributed by atoms with Crippen LogP contribution in [-0.2, 0) is 11.2 Å². The molecule has 3 N–H and O–H groups in total. The second-order valence-corrected chi connectivity index (χ2v) is 4.73. The van der Waals surface area contributed by atoms with Crippen LogP contribution in [0.5, 0.6) is 0 Å². The number of anilines is 2. The van der Waals surface area contributed by atoms with Gasteiger partial charge in [-0.3, -0.25) is 9.78 Å². The van der Waals surface area contributed by atoms with E-state index in [9.17, 15) is 4.79 Å². The van der Waals surface area contributed by atoms with Crippen LogP contribution < -0.4 is 11.1 Å².